The first-order chi connectivity index (χ1) is 19.2. The van der Waals surface area contributed by atoms with Gasteiger partial charge in [-0.3, -0.25) is 19.4 Å². The molecule has 3 aromatic heterocycles. The van der Waals surface area contributed by atoms with E-state index in [0.717, 1.165) is 16.8 Å². The van der Waals surface area contributed by atoms with Gasteiger partial charge in [0.2, 0.25) is 5.91 Å². The monoisotopic (exact) mass is 542 g/mol. The molecule has 0 aliphatic carbocycles. The normalized spacial score (nSPS) is 17.5. The van der Waals surface area contributed by atoms with Gasteiger partial charge >= 0.3 is 0 Å². The SMILES string of the molecule is Cc1cccc(CC(=O)[C@@H]2CCC(F)CCN2C(=O)Cn2cc(C(N)=O)c3cc(-c4ccc(N)nc4)ccc32)n1. The fourth-order valence-corrected chi connectivity index (χ4v) is 5.32. The lowest BCUT2D eigenvalue weighted by Crippen LogP contribution is -2.46. The maximum Gasteiger partial charge on any atom is 0.250 e. The summed E-state index contributed by atoms with van der Waals surface area (Å²) in [5.41, 5.74) is 15.3. The number of carbonyl (C=O) groups excluding carboxylic acids is 3. The average Bonchev–Trinajstić information content (AvgIpc) is 3.15. The highest BCUT2D eigenvalue weighted by molar-refractivity contribution is 6.07. The molecular weight excluding hydrogens is 511 g/mol. The largest absolute Gasteiger partial charge is 0.384 e. The quantitative estimate of drug-likeness (QED) is 0.366. The summed E-state index contributed by atoms with van der Waals surface area (Å²) in [7, 11) is 0. The number of carbonyl (C=O) groups is 3. The molecule has 5 rings (SSSR count). The number of nitrogens with two attached hydrogens (primary N) is 2. The van der Waals surface area contributed by atoms with Gasteiger partial charge in [0, 0.05) is 46.8 Å². The molecule has 4 heterocycles. The van der Waals surface area contributed by atoms with Crippen molar-refractivity contribution in [2.75, 3.05) is 12.3 Å². The summed E-state index contributed by atoms with van der Waals surface area (Å²) in [6.07, 6.45) is 2.80. The molecule has 1 aliphatic heterocycles. The fraction of sp³-hybridized carbons (Fsp3) is 0.300. The Bertz CT molecular complexity index is 1580. The minimum Gasteiger partial charge on any atom is -0.384 e. The van der Waals surface area contributed by atoms with Gasteiger partial charge in [-0.05, 0) is 68.1 Å². The van der Waals surface area contributed by atoms with Crippen LogP contribution >= 0.6 is 0 Å². The van der Waals surface area contributed by atoms with Gasteiger partial charge in [-0.15, -0.1) is 0 Å². The summed E-state index contributed by atoms with van der Waals surface area (Å²) in [4.78, 5) is 49.4. The van der Waals surface area contributed by atoms with Crippen LogP contribution in [-0.4, -0.2) is 55.8 Å². The minimum absolute atomic E-state index is 0.0636. The number of amides is 2. The van der Waals surface area contributed by atoms with E-state index in [1.807, 2.05) is 43.3 Å². The van der Waals surface area contributed by atoms with Crippen molar-refractivity contribution in [3.63, 3.8) is 0 Å². The van der Waals surface area contributed by atoms with Crippen LogP contribution in [0.3, 0.4) is 0 Å². The van der Waals surface area contributed by atoms with Crippen LogP contribution in [0.15, 0.2) is 60.9 Å². The van der Waals surface area contributed by atoms with Gasteiger partial charge in [-0.1, -0.05) is 12.1 Å². The van der Waals surface area contributed by atoms with E-state index in [0.29, 0.717) is 22.4 Å². The van der Waals surface area contributed by atoms with Crippen LogP contribution in [0.5, 0.6) is 0 Å². The number of pyridine rings is 2. The number of likely N-dealkylation sites (tertiary alicyclic amines) is 1. The Morgan fingerprint density at radius 2 is 1.85 bits per heavy atom. The van der Waals surface area contributed by atoms with Crippen molar-refractivity contribution >= 4 is 34.3 Å². The van der Waals surface area contributed by atoms with Gasteiger partial charge in [0.1, 0.15) is 18.5 Å². The van der Waals surface area contributed by atoms with Crippen molar-refractivity contribution in [3.8, 4) is 11.1 Å². The van der Waals surface area contributed by atoms with Gasteiger partial charge < -0.3 is 20.9 Å². The summed E-state index contributed by atoms with van der Waals surface area (Å²) < 4.78 is 16.1. The van der Waals surface area contributed by atoms with E-state index in [9.17, 15) is 18.8 Å². The zero-order chi connectivity index (χ0) is 28.4. The number of primary amides is 1. The van der Waals surface area contributed by atoms with E-state index in [1.165, 1.54) is 4.90 Å². The van der Waals surface area contributed by atoms with Gasteiger partial charge in [0.05, 0.1) is 18.0 Å². The first-order valence-corrected chi connectivity index (χ1v) is 13.2. The molecule has 1 aromatic carbocycles. The number of ketones is 1. The van der Waals surface area contributed by atoms with E-state index >= 15 is 0 Å². The van der Waals surface area contributed by atoms with Crippen LogP contribution in [0.1, 0.15) is 41.0 Å². The summed E-state index contributed by atoms with van der Waals surface area (Å²) in [6.45, 7) is 1.85. The molecule has 9 nitrogen and oxygen atoms in total. The Balaban J connectivity index is 1.43. The zero-order valence-corrected chi connectivity index (χ0v) is 22.2. The summed E-state index contributed by atoms with van der Waals surface area (Å²) in [5, 5.41) is 0.590. The van der Waals surface area contributed by atoms with Gasteiger partial charge in [0.15, 0.2) is 5.78 Å². The number of benzene rings is 1. The fourth-order valence-electron chi connectivity index (χ4n) is 5.32. The number of anilines is 1. The molecule has 0 spiro atoms. The van der Waals surface area contributed by atoms with Crippen LogP contribution in [0, 0.1) is 6.92 Å². The van der Waals surface area contributed by atoms with Gasteiger partial charge in [0.25, 0.3) is 5.91 Å². The Kier molecular flexibility index (Phi) is 7.59. The standard InChI is InChI=1S/C30H31FN6O3/c1-18-3-2-4-22(35-18)14-27(38)26-9-7-21(31)11-12-37(26)29(39)17-36-16-24(30(33)40)23-13-19(5-8-25(23)36)20-6-10-28(32)34-15-20/h2-6,8,10,13,15-16,21,26H,7,9,11-12,14,17H2,1H3,(H2,32,34)(H2,33,40)/t21?,26-/m0/s1. The van der Waals surface area contributed by atoms with Crippen LogP contribution in [0.4, 0.5) is 10.2 Å². The molecule has 206 valence electrons. The third-order valence-electron chi connectivity index (χ3n) is 7.38. The van der Waals surface area contributed by atoms with E-state index in [2.05, 4.69) is 9.97 Å². The zero-order valence-electron chi connectivity index (χ0n) is 22.2. The van der Waals surface area contributed by atoms with Crippen LogP contribution in [-0.2, 0) is 22.6 Å². The number of nitrogens with zero attached hydrogens (tertiary/aromatic N) is 4. The Hall–Kier alpha value is -4.60. The van der Waals surface area contributed by atoms with Gasteiger partial charge in [-0.25, -0.2) is 9.37 Å². The number of Topliss-reactive ketones (excluding diaryl/α,β-unsaturated/α-hetero) is 1. The van der Waals surface area contributed by atoms with Crippen molar-refractivity contribution in [2.24, 2.45) is 5.73 Å². The molecule has 40 heavy (non-hydrogen) atoms. The number of alkyl halides is 1. The first-order valence-electron chi connectivity index (χ1n) is 13.2. The Labute approximate surface area is 231 Å². The van der Waals surface area contributed by atoms with Crippen molar-refractivity contribution in [1.29, 1.82) is 0 Å². The number of rotatable bonds is 7. The second-order valence-corrected chi connectivity index (χ2v) is 10.2. The predicted octanol–water partition coefficient (Wildman–Crippen LogP) is 3.62. The smallest absolute Gasteiger partial charge is 0.250 e. The lowest BCUT2D eigenvalue weighted by molar-refractivity contribution is -0.139. The number of hydrogen-bond donors (Lipinski definition) is 2. The number of fused-ring (bicyclic) bond motifs is 1. The number of aromatic nitrogens is 3. The molecule has 0 radical (unpaired) electrons. The highest BCUT2D eigenvalue weighted by atomic mass is 19.1. The molecule has 2 atom stereocenters. The lowest BCUT2D eigenvalue weighted by atomic mass is 10.0. The number of halogens is 1. The molecular formula is C30H31FN6O3. The highest BCUT2D eigenvalue weighted by Gasteiger charge is 2.33. The molecule has 1 fully saturated rings. The molecule has 10 heteroatoms. The molecule has 0 saturated carbocycles. The topological polar surface area (TPSA) is 137 Å². The van der Waals surface area contributed by atoms with E-state index in [-0.39, 0.29) is 56.0 Å². The summed E-state index contributed by atoms with van der Waals surface area (Å²) in [5.74, 6) is -0.730. The minimum atomic E-state index is -1.08. The van der Waals surface area contributed by atoms with Gasteiger partial charge in [-0.2, -0.15) is 0 Å². The molecule has 4 N–H and O–H groups in total. The van der Waals surface area contributed by atoms with Crippen LogP contribution in [0.25, 0.3) is 22.0 Å². The summed E-state index contributed by atoms with van der Waals surface area (Å²) >= 11 is 0. The molecule has 0 bridgehead atoms. The molecule has 2 amide bonds. The Morgan fingerprint density at radius 1 is 1.05 bits per heavy atom. The van der Waals surface area contributed by atoms with Crippen molar-refractivity contribution < 1.29 is 18.8 Å². The number of hydrogen-bond acceptors (Lipinski definition) is 6. The summed E-state index contributed by atoms with van der Waals surface area (Å²) in [6, 6.07) is 13.7. The average molecular weight is 543 g/mol. The van der Waals surface area contributed by atoms with Crippen molar-refractivity contribution in [2.45, 2.75) is 51.4 Å². The van der Waals surface area contributed by atoms with E-state index in [4.69, 9.17) is 11.5 Å². The van der Waals surface area contributed by atoms with Crippen LogP contribution in [0.2, 0.25) is 0 Å². The third-order valence-corrected chi connectivity index (χ3v) is 7.38. The molecule has 1 aliphatic rings. The molecule has 1 unspecified atom stereocenters. The predicted molar refractivity (Wildman–Crippen MR) is 150 cm³/mol. The van der Waals surface area contributed by atoms with Crippen molar-refractivity contribution in [3.05, 3.63) is 77.9 Å². The molecule has 1 saturated heterocycles. The first kappa shape index (κ1) is 27.0. The number of aryl methyl sites for hydroxylation is 1. The van der Waals surface area contributed by atoms with E-state index < -0.39 is 18.1 Å². The number of nitrogen functional groups attached to an aromatic ring is 1. The molecule has 4 aromatic rings. The highest BCUT2D eigenvalue weighted by Crippen LogP contribution is 2.29. The second kappa shape index (κ2) is 11.3. The lowest BCUT2D eigenvalue weighted by Gasteiger charge is -2.29. The Morgan fingerprint density at radius 3 is 2.58 bits per heavy atom. The third kappa shape index (κ3) is 5.70. The van der Waals surface area contributed by atoms with Crippen LogP contribution < -0.4 is 11.5 Å². The second-order valence-electron chi connectivity index (χ2n) is 10.2. The van der Waals surface area contributed by atoms with Crippen molar-refractivity contribution in [1.82, 2.24) is 19.4 Å². The van der Waals surface area contributed by atoms with E-state index in [1.54, 1.807) is 29.1 Å². The maximum absolute atomic E-state index is 14.4. The maximum atomic E-state index is 14.4.